The van der Waals surface area contributed by atoms with E-state index in [0.717, 1.165) is 45.4 Å². The largest absolute Gasteiger partial charge is 0.573 e. The third kappa shape index (κ3) is 7.55. The maximum absolute atomic E-state index is 12.8. The van der Waals surface area contributed by atoms with Gasteiger partial charge in [-0.2, -0.15) is 4.99 Å². The van der Waals surface area contributed by atoms with Crippen LogP contribution in [0.5, 0.6) is 5.75 Å². The van der Waals surface area contributed by atoms with Crippen LogP contribution in [0.4, 0.5) is 18.9 Å². The average molecular weight is 582 g/mol. The number of nitrogens with zero attached hydrogens (tertiary/aromatic N) is 5. The Morgan fingerprint density at radius 1 is 1.00 bits per heavy atom. The number of halogens is 3. The van der Waals surface area contributed by atoms with Gasteiger partial charge in [0, 0.05) is 23.5 Å². The molecule has 0 saturated carbocycles. The molecule has 0 bridgehead atoms. The van der Waals surface area contributed by atoms with Crippen molar-refractivity contribution in [3.63, 3.8) is 0 Å². The van der Waals surface area contributed by atoms with Gasteiger partial charge >= 0.3 is 6.36 Å². The summed E-state index contributed by atoms with van der Waals surface area (Å²) in [6, 6.07) is 18.8. The molecule has 0 aliphatic carbocycles. The Balaban J connectivity index is 0.00000189. The van der Waals surface area contributed by atoms with E-state index in [1.54, 1.807) is 11.8 Å². The number of para-hydroxylation sites is 1. The molecular formula is C30H30F3N5O2S. The van der Waals surface area contributed by atoms with Crippen molar-refractivity contribution in [1.29, 1.82) is 0 Å². The number of amidine groups is 1. The lowest BCUT2D eigenvalue weighted by Gasteiger charge is -2.22. The van der Waals surface area contributed by atoms with E-state index in [1.807, 2.05) is 44.2 Å². The Bertz CT molecular complexity index is 1500. The van der Waals surface area contributed by atoms with Crippen molar-refractivity contribution >= 4 is 28.5 Å². The van der Waals surface area contributed by atoms with Crippen LogP contribution in [0.3, 0.4) is 0 Å². The van der Waals surface area contributed by atoms with Gasteiger partial charge in [-0.25, -0.2) is 9.67 Å². The number of aromatic nitrogens is 3. The van der Waals surface area contributed by atoms with Crippen LogP contribution < -0.4 is 9.64 Å². The molecule has 0 spiro atoms. The van der Waals surface area contributed by atoms with Gasteiger partial charge in [0.05, 0.1) is 12.1 Å². The molecule has 1 fully saturated rings. The fourth-order valence-corrected chi connectivity index (χ4v) is 5.31. The van der Waals surface area contributed by atoms with E-state index in [-0.39, 0.29) is 18.1 Å². The van der Waals surface area contributed by atoms with Crippen LogP contribution in [0.15, 0.2) is 78.0 Å². The van der Waals surface area contributed by atoms with Gasteiger partial charge in [-0.3, -0.25) is 4.79 Å². The third-order valence-electron chi connectivity index (χ3n) is 6.10. The van der Waals surface area contributed by atoms with Crippen LogP contribution in [-0.4, -0.2) is 44.5 Å². The Labute approximate surface area is 241 Å². The number of rotatable bonds is 6. The number of aryl methyl sites for hydroxylation is 2. The number of alkyl halides is 3. The summed E-state index contributed by atoms with van der Waals surface area (Å²) in [6.45, 7) is 8.93. The summed E-state index contributed by atoms with van der Waals surface area (Å²) in [6.07, 6.45) is -3.11. The third-order valence-corrected chi connectivity index (χ3v) is 7.06. The van der Waals surface area contributed by atoms with Crippen LogP contribution in [-0.2, 0) is 11.2 Å². The van der Waals surface area contributed by atoms with E-state index in [0.29, 0.717) is 11.5 Å². The molecule has 1 amide bonds. The van der Waals surface area contributed by atoms with Crippen molar-refractivity contribution in [3.05, 3.63) is 89.7 Å². The summed E-state index contributed by atoms with van der Waals surface area (Å²) in [5.74, 6) is 0.783. The maximum atomic E-state index is 12.8. The second-order valence-electron chi connectivity index (χ2n) is 8.96. The molecule has 1 aliphatic rings. The molecule has 0 unspecified atom stereocenters. The zero-order valence-corrected chi connectivity index (χ0v) is 24.0. The van der Waals surface area contributed by atoms with Crippen molar-refractivity contribution in [2.45, 2.75) is 40.5 Å². The molecule has 3 aromatic carbocycles. The van der Waals surface area contributed by atoms with Crippen LogP contribution in [0, 0.1) is 13.8 Å². The number of aliphatic imine (C=N–C) groups is 1. The normalized spacial score (nSPS) is 14.1. The fourth-order valence-electron chi connectivity index (χ4n) is 4.35. The Morgan fingerprint density at radius 3 is 2.29 bits per heavy atom. The van der Waals surface area contributed by atoms with Crippen molar-refractivity contribution in [3.8, 4) is 22.8 Å². The van der Waals surface area contributed by atoms with E-state index in [1.165, 1.54) is 35.3 Å². The van der Waals surface area contributed by atoms with Crippen molar-refractivity contribution in [1.82, 2.24) is 14.8 Å². The number of anilines is 1. The van der Waals surface area contributed by atoms with Crippen LogP contribution in [0.2, 0.25) is 0 Å². The molecule has 5 rings (SSSR count). The maximum Gasteiger partial charge on any atom is 0.573 e. The number of benzene rings is 3. The van der Waals surface area contributed by atoms with Crippen molar-refractivity contribution in [2.75, 3.05) is 17.2 Å². The summed E-state index contributed by atoms with van der Waals surface area (Å²) in [5, 5.41) is 5.13. The minimum absolute atomic E-state index is 0.166. The standard InChI is InChI=1S/C28H24F3N5O2S.C2H6/c1-18-4-3-5-19(2)25(18)35-14-15-39-27(35)33-24(37)16-20-6-8-21(9-7-20)26-32-17-36(34-26)22-10-12-23(13-11-22)38-28(29,30)31;1-2/h3-13,17H,14-16H2,1-2H3;1-2H3. The fraction of sp³-hybridized carbons (Fsp3) is 0.267. The van der Waals surface area contributed by atoms with E-state index >= 15 is 0 Å². The molecule has 1 aromatic heterocycles. The highest BCUT2D eigenvalue weighted by atomic mass is 32.2. The van der Waals surface area contributed by atoms with Gasteiger partial charge in [0.1, 0.15) is 12.1 Å². The van der Waals surface area contributed by atoms with Gasteiger partial charge in [0.15, 0.2) is 11.0 Å². The predicted molar refractivity (Wildman–Crippen MR) is 157 cm³/mol. The minimum Gasteiger partial charge on any atom is -0.406 e. The molecule has 41 heavy (non-hydrogen) atoms. The number of ether oxygens (including phenoxy) is 1. The minimum atomic E-state index is -4.75. The molecule has 0 radical (unpaired) electrons. The molecule has 2 heterocycles. The number of hydrogen-bond acceptors (Lipinski definition) is 5. The van der Waals surface area contributed by atoms with E-state index in [4.69, 9.17) is 0 Å². The summed E-state index contributed by atoms with van der Waals surface area (Å²) < 4.78 is 42.5. The topological polar surface area (TPSA) is 72.6 Å². The Morgan fingerprint density at radius 2 is 1.66 bits per heavy atom. The van der Waals surface area contributed by atoms with E-state index in [2.05, 4.69) is 50.7 Å². The molecule has 214 valence electrons. The summed E-state index contributed by atoms with van der Waals surface area (Å²) >= 11 is 1.58. The van der Waals surface area contributed by atoms with Gasteiger partial charge in [-0.15, -0.1) is 18.3 Å². The van der Waals surface area contributed by atoms with Gasteiger partial charge in [0.2, 0.25) is 0 Å². The van der Waals surface area contributed by atoms with E-state index < -0.39 is 6.36 Å². The SMILES string of the molecule is CC.Cc1cccc(C)c1N1CCSC1=NC(=O)Cc1ccc(-c2ncn(-c3ccc(OC(F)(F)F)cc3)n2)cc1. The van der Waals surface area contributed by atoms with Crippen LogP contribution in [0.25, 0.3) is 17.1 Å². The second-order valence-corrected chi connectivity index (χ2v) is 10.0. The Kier molecular flexibility index (Phi) is 9.49. The summed E-state index contributed by atoms with van der Waals surface area (Å²) in [7, 11) is 0. The highest BCUT2D eigenvalue weighted by molar-refractivity contribution is 8.14. The molecule has 1 saturated heterocycles. The first-order chi connectivity index (χ1) is 19.7. The molecular weight excluding hydrogens is 551 g/mol. The molecule has 4 aromatic rings. The number of hydrogen-bond donors (Lipinski definition) is 0. The van der Waals surface area contributed by atoms with E-state index in [9.17, 15) is 18.0 Å². The quantitative estimate of drug-likeness (QED) is 0.241. The number of amides is 1. The molecule has 11 heteroatoms. The van der Waals surface area contributed by atoms with Crippen molar-refractivity contribution < 1.29 is 22.7 Å². The highest BCUT2D eigenvalue weighted by Gasteiger charge is 2.31. The van der Waals surface area contributed by atoms with Crippen LogP contribution in [0.1, 0.15) is 30.5 Å². The number of thioether (sulfide) groups is 1. The van der Waals surface area contributed by atoms with Gasteiger partial charge in [0.25, 0.3) is 5.91 Å². The van der Waals surface area contributed by atoms with Crippen molar-refractivity contribution in [2.24, 2.45) is 4.99 Å². The summed E-state index contributed by atoms with van der Waals surface area (Å²) in [5.41, 5.74) is 5.49. The second kappa shape index (κ2) is 13.0. The molecule has 1 aliphatic heterocycles. The lowest BCUT2D eigenvalue weighted by atomic mass is 10.1. The van der Waals surface area contributed by atoms with Gasteiger partial charge in [-0.1, -0.05) is 68.1 Å². The highest BCUT2D eigenvalue weighted by Crippen LogP contribution is 2.31. The molecule has 0 atom stereocenters. The monoisotopic (exact) mass is 581 g/mol. The Hall–Kier alpha value is -4.12. The first kappa shape index (κ1) is 29.9. The lowest BCUT2D eigenvalue weighted by Crippen LogP contribution is -2.26. The zero-order valence-electron chi connectivity index (χ0n) is 23.1. The van der Waals surface area contributed by atoms with Crippen LogP contribution >= 0.6 is 11.8 Å². The average Bonchev–Trinajstić information content (AvgIpc) is 3.60. The lowest BCUT2D eigenvalue weighted by molar-refractivity contribution is -0.274. The molecule has 7 nitrogen and oxygen atoms in total. The first-order valence-corrected chi connectivity index (χ1v) is 14.1. The smallest absolute Gasteiger partial charge is 0.406 e. The molecule has 0 N–H and O–H groups in total. The first-order valence-electron chi connectivity index (χ1n) is 13.1. The zero-order chi connectivity index (χ0) is 29.6. The van der Waals surface area contributed by atoms with Gasteiger partial charge in [-0.05, 0) is 54.8 Å². The van der Waals surface area contributed by atoms with Gasteiger partial charge < -0.3 is 9.64 Å². The summed E-state index contributed by atoms with van der Waals surface area (Å²) in [4.78, 5) is 23.6. The number of carbonyl (C=O) groups is 1. The predicted octanol–water partition coefficient (Wildman–Crippen LogP) is 7.15. The number of carbonyl (C=O) groups excluding carboxylic acids is 1.